The first-order valence-corrected chi connectivity index (χ1v) is 6.31. The Hall–Kier alpha value is -0.960. The number of nitrogens with zero attached hydrogens (tertiary/aromatic N) is 2. The average molecular weight is 219 g/mol. The van der Waals surface area contributed by atoms with Crippen molar-refractivity contribution >= 4 is 0 Å². The normalized spacial score (nSPS) is 19.6. The zero-order chi connectivity index (χ0) is 11.4. The number of rotatable bonds is 3. The molecule has 0 bridgehead atoms. The minimum absolute atomic E-state index is 0.316. The monoisotopic (exact) mass is 219 g/mol. The highest BCUT2D eigenvalue weighted by Gasteiger charge is 2.18. The van der Waals surface area contributed by atoms with Crippen LogP contribution in [0.5, 0.6) is 0 Å². The van der Waals surface area contributed by atoms with Crippen LogP contribution in [0.3, 0.4) is 0 Å². The SMILES string of the molecule is Cc1nccnc1C(C)NC1CCCCC1. The highest BCUT2D eigenvalue weighted by molar-refractivity contribution is 5.12. The standard InChI is InChI=1S/C13H21N3/c1-10-13(15-9-8-14-10)11(2)16-12-6-4-3-5-7-12/h8-9,11-12,16H,3-7H2,1-2H3. The summed E-state index contributed by atoms with van der Waals surface area (Å²) >= 11 is 0. The average Bonchev–Trinajstić information content (AvgIpc) is 2.31. The van der Waals surface area contributed by atoms with Gasteiger partial charge in [-0.2, -0.15) is 0 Å². The highest BCUT2D eigenvalue weighted by atomic mass is 15.0. The van der Waals surface area contributed by atoms with Crippen LogP contribution in [0.2, 0.25) is 0 Å². The molecule has 0 radical (unpaired) electrons. The van der Waals surface area contributed by atoms with Crippen molar-refractivity contribution in [2.75, 3.05) is 0 Å². The fourth-order valence-electron chi connectivity index (χ4n) is 2.55. The van der Waals surface area contributed by atoms with Crippen molar-refractivity contribution in [2.45, 2.75) is 58.0 Å². The molecular weight excluding hydrogens is 198 g/mol. The summed E-state index contributed by atoms with van der Waals surface area (Å²) in [6.07, 6.45) is 10.3. The Kier molecular flexibility index (Phi) is 3.88. The molecule has 1 aromatic rings. The fourth-order valence-corrected chi connectivity index (χ4v) is 2.55. The van der Waals surface area contributed by atoms with E-state index < -0.39 is 0 Å². The molecule has 3 nitrogen and oxygen atoms in total. The molecule has 16 heavy (non-hydrogen) atoms. The Bertz CT molecular complexity index is 332. The van der Waals surface area contributed by atoms with Gasteiger partial charge in [-0.05, 0) is 26.7 Å². The molecular formula is C13H21N3. The van der Waals surface area contributed by atoms with Crippen molar-refractivity contribution in [3.8, 4) is 0 Å². The zero-order valence-electron chi connectivity index (χ0n) is 10.2. The first-order valence-electron chi connectivity index (χ1n) is 6.31. The molecule has 1 atom stereocenters. The first kappa shape index (κ1) is 11.5. The number of aromatic nitrogens is 2. The smallest absolute Gasteiger partial charge is 0.0782 e. The second kappa shape index (κ2) is 5.39. The highest BCUT2D eigenvalue weighted by Crippen LogP contribution is 2.21. The van der Waals surface area contributed by atoms with Gasteiger partial charge in [0, 0.05) is 24.5 Å². The van der Waals surface area contributed by atoms with Crippen LogP contribution in [0.4, 0.5) is 0 Å². The number of hydrogen-bond donors (Lipinski definition) is 1. The molecule has 0 amide bonds. The molecule has 1 aliphatic carbocycles. The van der Waals surface area contributed by atoms with Gasteiger partial charge in [0.05, 0.1) is 11.4 Å². The molecule has 1 aliphatic rings. The maximum Gasteiger partial charge on any atom is 0.0782 e. The molecule has 1 aromatic heterocycles. The fraction of sp³-hybridized carbons (Fsp3) is 0.692. The summed E-state index contributed by atoms with van der Waals surface area (Å²) in [5.74, 6) is 0. The topological polar surface area (TPSA) is 37.8 Å². The minimum Gasteiger partial charge on any atom is -0.306 e. The second-order valence-corrected chi connectivity index (χ2v) is 4.75. The Morgan fingerprint density at radius 3 is 2.56 bits per heavy atom. The van der Waals surface area contributed by atoms with Gasteiger partial charge >= 0.3 is 0 Å². The third-order valence-electron chi connectivity index (χ3n) is 3.42. The van der Waals surface area contributed by atoms with E-state index in [0.29, 0.717) is 12.1 Å². The lowest BCUT2D eigenvalue weighted by Crippen LogP contribution is -2.33. The molecule has 0 saturated heterocycles. The molecule has 0 aliphatic heterocycles. The second-order valence-electron chi connectivity index (χ2n) is 4.75. The number of hydrogen-bond acceptors (Lipinski definition) is 3. The van der Waals surface area contributed by atoms with Crippen LogP contribution < -0.4 is 5.32 Å². The summed E-state index contributed by atoms with van der Waals surface area (Å²) in [6.45, 7) is 4.22. The zero-order valence-corrected chi connectivity index (χ0v) is 10.2. The summed E-state index contributed by atoms with van der Waals surface area (Å²) in [5.41, 5.74) is 2.13. The van der Waals surface area contributed by atoms with Crippen LogP contribution >= 0.6 is 0 Å². The van der Waals surface area contributed by atoms with Crippen molar-refractivity contribution in [1.82, 2.24) is 15.3 Å². The van der Waals surface area contributed by atoms with Crippen molar-refractivity contribution < 1.29 is 0 Å². The molecule has 1 saturated carbocycles. The Morgan fingerprint density at radius 1 is 1.19 bits per heavy atom. The van der Waals surface area contributed by atoms with Crippen molar-refractivity contribution in [1.29, 1.82) is 0 Å². The maximum atomic E-state index is 4.42. The van der Waals surface area contributed by atoms with Crippen LogP contribution in [0.1, 0.15) is 56.5 Å². The van der Waals surface area contributed by atoms with Gasteiger partial charge in [-0.1, -0.05) is 19.3 Å². The van der Waals surface area contributed by atoms with Gasteiger partial charge < -0.3 is 5.32 Å². The molecule has 1 fully saturated rings. The molecule has 0 spiro atoms. The van der Waals surface area contributed by atoms with Gasteiger partial charge in [0.2, 0.25) is 0 Å². The third kappa shape index (κ3) is 2.79. The van der Waals surface area contributed by atoms with E-state index in [9.17, 15) is 0 Å². The Morgan fingerprint density at radius 2 is 1.88 bits per heavy atom. The summed E-state index contributed by atoms with van der Waals surface area (Å²) in [7, 11) is 0. The quantitative estimate of drug-likeness (QED) is 0.849. The first-order chi connectivity index (χ1) is 7.77. The van der Waals surface area contributed by atoms with Gasteiger partial charge in [0.25, 0.3) is 0 Å². The van der Waals surface area contributed by atoms with E-state index >= 15 is 0 Å². The van der Waals surface area contributed by atoms with Gasteiger partial charge in [-0.3, -0.25) is 9.97 Å². The molecule has 1 N–H and O–H groups in total. The summed E-state index contributed by atoms with van der Waals surface area (Å²) in [6, 6.07) is 0.988. The van der Waals surface area contributed by atoms with Crippen molar-refractivity contribution in [3.63, 3.8) is 0 Å². The lowest BCUT2D eigenvalue weighted by Gasteiger charge is -2.26. The molecule has 1 heterocycles. The lowest BCUT2D eigenvalue weighted by molar-refractivity contribution is 0.343. The minimum atomic E-state index is 0.316. The summed E-state index contributed by atoms with van der Waals surface area (Å²) in [4.78, 5) is 8.71. The Balaban J connectivity index is 1.96. The van der Waals surface area contributed by atoms with Crippen LogP contribution in [0, 0.1) is 6.92 Å². The van der Waals surface area contributed by atoms with Gasteiger partial charge in [-0.25, -0.2) is 0 Å². The van der Waals surface area contributed by atoms with Crippen molar-refractivity contribution in [2.24, 2.45) is 0 Å². The summed E-state index contributed by atoms with van der Waals surface area (Å²) in [5, 5.41) is 3.67. The van der Waals surface area contributed by atoms with E-state index in [2.05, 4.69) is 22.2 Å². The number of nitrogens with one attached hydrogen (secondary N) is 1. The predicted octanol–water partition coefficient (Wildman–Crippen LogP) is 2.77. The van der Waals surface area contributed by atoms with E-state index in [0.717, 1.165) is 11.4 Å². The van der Waals surface area contributed by atoms with E-state index in [1.165, 1.54) is 32.1 Å². The van der Waals surface area contributed by atoms with Gasteiger partial charge in [0.1, 0.15) is 0 Å². The van der Waals surface area contributed by atoms with Gasteiger partial charge in [0.15, 0.2) is 0 Å². The maximum absolute atomic E-state index is 4.42. The van der Waals surface area contributed by atoms with Gasteiger partial charge in [-0.15, -0.1) is 0 Å². The van der Waals surface area contributed by atoms with E-state index in [4.69, 9.17) is 0 Å². The molecule has 2 rings (SSSR count). The Labute approximate surface area is 97.7 Å². The van der Waals surface area contributed by atoms with Crippen LogP contribution in [0.25, 0.3) is 0 Å². The summed E-state index contributed by atoms with van der Waals surface area (Å²) < 4.78 is 0. The molecule has 0 aromatic carbocycles. The van der Waals surface area contributed by atoms with E-state index in [1.54, 1.807) is 12.4 Å². The van der Waals surface area contributed by atoms with E-state index in [-0.39, 0.29) is 0 Å². The van der Waals surface area contributed by atoms with Crippen molar-refractivity contribution in [3.05, 3.63) is 23.8 Å². The van der Waals surface area contributed by atoms with E-state index in [1.807, 2.05) is 6.92 Å². The molecule has 1 unspecified atom stereocenters. The molecule has 88 valence electrons. The molecule has 3 heteroatoms. The third-order valence-corrected chi connectivity index (χ3v) is 3.42. The predicted molar refractivity (Wildman–Crippen MR) is 65.2 cm³/mol. The lowest BCUT2D eigenvalue weighted by atomic mass is 9.94. The van der Waals surface area contributed by atoms with Crippen LogP contribution in [-0.2, 0) is 0 Å². The number of aryl methyl sites for hydroxylation is 1. The van der Waals surface area contributed by atoms with Crippen LogP contribution in [-0.4, -0.2) is 16.0 Å². The van der Waals surface area contributed by atoms with Crippen LogP contribution in [0.15, 0.2) is 12.4 Å². The largest absolute Gasteiger partial charge is 0.306 e.